The Kier molecular flexibility index (Phi) is 4.03. The molecule has 0 radical (unpaired) electrons. The normalized spacial score (nSPS) is 19.5. The number of nitrogens with one attached hydrogen (secondary N) is 1. The second kappa shape index (κ2) is 6.33. The third kappa shape index (κ3) is 2.92. The fraction of sp³-hybridized carbons (Fsp3) is 0.250. The van der Waals surface area contributed by atoms with Gasteiger partial charge in [-0.3, -0.25) is 0 Å². The summed E-state index contributed by atoms with van der Waals surface area (Å²) in [4.78, 5) is 18.6. The van der Waals surface area contributed by atoms with Crippen molar-refractivity contribution in [2.75, 3.05) is 18.4 Å². The van der Waals surface area contributed by atoms with E-state index in [4.69, 9.17) is 11.6 Å². The molecule has 24 heavy (non-hydrogen) atoms. The lowest BCUT2D eigenvalue weighted by atomic mass is 9.99. The van der Waals surface area contributed by atoms with Gasteiger partial charge >= 0.3 is 6.03 Å². The van der Waals surface area contributed by atoms with E-state index in [0.29, 0.717) is 30.2 Å². The number of halogens is 1. The highest BCUT2D eigenvalue weighted by Gasteiger charge is 2.33. The highest BCUT2D eigenvalue weighted by Crippen LogP contribution is 2.38. The summed E-state index contributed by atoms with van der Waals surface area (Å²) in [6, 6.07) is 6.82. The van der Waals surface area contributed by atoms with E-state index >= 15 is 0 Å². The van der Waals surface area contributed by atoms with Gasteiger partial charge < -0.3 is 10.2 Å². The molecule has 2 aliphatic rings. The molecule has 0 aliphatic carbocycles. The van der Waals surface area contributed by atoms with Crippen LogP contribution in [0.5, 0.6) is 0 Å². The van der Waals surface area contributed by atoms with Crippen molar-refractivity contribution < 1.29 is 4.79 Å². The largest absolute Gasteiger partial charge is 0.322 e. The molecule has 4 rings (SSSR count). The molecule has 1 aromatic heterocycles. The van der Waals surface area contributed by atoms with Gasteiger partial charge in [-0.15, -0.1) is 11.3 Å². The number of carbonyl (C=O) groups excluding carboxylic acids is 1. The molecule has 2 aliphatic heterocycles. The summed E-state index contributed by atoms with van der Waals surface area (Å²) in [5.74, 6) is 0. The molecule has 6 nitrogen and oxygen atoms in total. The van der Waals surface area contributed by atoms with Gasteiger partial charge in [0.1, 0.15) is 6.04 Å². The number of nitrogens with zero attached hydrogens (tertiary/aromatic N) is 4. The molecule has 1 atom stereocenters. The van der Waals surface area contributed by atoms with Crippen LogP contribution in [0.1, 0.15) is 18.2 Å². The number of anilines is 1. The van der Waals surface area contributed by atoms with Crippen molar-refractivity contribution in [1.29, 1.82) is 0 Å². The average molecular weight is 360 g/mol. The average Bonchev–Trinajstić information content (AvgIpc) is 3.23. The fourth-order valence-corrected chi connectivity index (χ4v) is 3.63. The number of urea groups is 1. The first-order valence-corrected chi connectivity index (χ1v) is 8.85. The number of thiazole rings is 1. The number of hydrogen-bond donors (Lipinski definition) is 1. The first kappa shape index (κ1) is 15.3. The number of aromatic nitrogens is 1. The van der Waals surface area contributed by atoms with Crippen LogP contribution in [-0.4, -0.2) is 29.0 Å². The summed E-state index contributed by atoms with van der Waals surface area (Å²) >= 11 is 7.50. The zero-order valence-corrected chi connectivity index (χ0v) is 14.2. The van der Waals surface area contributed by atoms with Crippen molar-refractivity contribution in [2.45, 2.75) is 12.5 Å². The third-order valence-corrected chi connectivity index (χ3v) is 4.91. The molecule has 0 bridgehead atoms. The van der Waals surface area contributed by atoms with Crippen molar-refractivity contribution in [3.63, 3.8) is 0 Å². The zero-order chi connectivity index (χ0) is 16.5. The number of hydrogen-bond acceptors (Lipinski definition) is 5. The summed E-state index contributed by atoms with van der Waals surface area (Å²) < 4.78 is 0. The highest BCUT2D eigenvalue weighted by atomic mass is 35.5. The van der Waals surface area contributed by atoms with E-state index in [-0.39, 0.29) is 12.1 Å². The van der Waals surface area contributed by atoms with Gasteiger partial charge in [-0.05, 0) is 18.2 Å². The van der Waals surface area contributed by atoms with E-state index in [2.05, 4.69) is 20.5 Å². The Hall–Kier alpha value is -2.25. The van der Waals surface area contributed by atoms with Crippen LogP contribution in [0, 0.1) is 0 Å². The van der Waals surface area contributed by atoms with Gasteiger partial charge in [-0.1, -0.05) is 17.7 Å². The maximum absolute atomic E-state index is 12.5. The Balaban J connectivity index is 1.48. The lowest BCUT2D eigenvalue weighted by molar-refractivity contribution is 0.213. The maximum Gasteiger partial charge on any atom is 0.322 e. The lowest BCUT2D eigenvalue weighted by Crippen LogP contribution is -2.40. The van der Waals surface area contributed by atoms with Crippen LogP contribution < -0.4 is 5.32 Å². The number of rotatable bonds is 2. The molecule has 1 aromatic carbocycles. The number of amides is 2. The molecule has 2 aromatic rings. The monoisotopic (exact) mass is 359 g/mol. The quantitative estimate of drug-likeness (QED) is 0.857. The van der Waals surface area contributed by atoms with Crippen LogP contribution in [0.4, 0.5) is 10.5 Å². The Morgan fingerprint density at radius 3 is 3.12 bits per heavy atom. The number of carbonyl (C=O) groups is 1. The lowest BCUT2D eigenvalue weighted by Gasteiger charge is -2.28. The van der Waals surface area contributed by atoms with Crippen molar-refractivity contribution in [2.24, 2.45) is 10.2 Å². The van der Waals surface area contributed by atoms with Crippen LogP contribution in [0.2, 0.25) is 5.02 Å². The van der Waals surface area contributed by atoms with E-state index < -0.39 is 0 Å². The Morgan fingerprint density at radius 2 is 2.33 bits per heavy atom. The Labute approximate surface area is 147 Å². The van der Waals surface area contributed by atoms with Crippen LogP contribution in [0.25, 0.3) is 0 Å². The summed E-state index contributed by atoms with van der Waals surface area (Å²) in [5, 5.41) is 14.1. The topological polar surface area (TPSA) is 70.0 Å². The first-order valence-electron chi connectivity index (χ1n) is 7.53. The van der Waals surface area contributed by atoms with Gasteiger partial charge in [0.25, 0.3) is 0 Å². The van der Waals surface area contributed by atoms with Gasteiger partial charge in [0.15, 0.2) is 0 Å². The summed E-state index contributed by atoms with van der Waals surface area (Å²) in [6.45, 7) is 1.13. The summed E-state index contributed by atoms with van der Waals surface area (Å²) in [6.07, 6.45) is 0.711. The summed E-state index contributed by atoms with van der Waals surface area (Å²) in [5.41, 5.74) is 5.42. The molecule has 1 unspecified atom stereocenters. The van der Waals surface area contributed by atoms with Crippen molar-refractivity contribution in [3.8, 4) is 0 Å². The van der Waals surface area contributed by atoms with E-state index in [0.717, 1.165) is 17.0 Å². The molecule has 2 amide bonds. The van der Waals surface area contributed by atoms with Gasteiger partial charge in [0.05, 0.1) is 16.9 Å². The number of azo groups is 1. The van der Waals surface area contributed by atoms with Crippen LogP contribution in [0.3, 0.4) is 0 Å². The standard InChI is InChI=1S/C16H14ClN5OS/c17-10-2-1-3-11(6-10)19-16(23)22-5-4-13-12(7-22)15(21-20-13)14-8-24-9-18-14/h1-3,6,8-9,15H,4-5,7H2,(H,19,23). The molecule has 1 N–H and O–H groups in total. The molecule has 122 valence electrons. The zero-order valence-electron chi connectivity index (χ0n) is 12.6. The Morgan fingerprint density at radius 1 is 1.42 bits per heavy atom. The SMILES string of the molecule is O=C(Nc1cccc(Cl)c1)N1CCC2=C(C1)C(c1cscn1)N=N2. The minimum absolute atomic E-state index is 0.146. The predicted molar refractivity (Wildman–Crippen MR) is 93.4 cm³/mol. The fourth-order valence-electron chi connectivity index (χ4n) is 2.87. The van der Waals surface area contributed by atoms with E-state index in [1.165, 1.54) is 11.3 Å². The van der Waals surface area contributed by atoms with Crippen molar-refractivity contribution >= 4 is 34.7 Å². The van der Waals surface area contributed by atoms with Gasteiger partial charge in [-0.25, -0.2) is 9.78 Å². The van der Waals surface area contributed by atoms with E-state index in [1.807, 2.05) is 17.5 Å². The van der Waals surface area contributed by atoms with Gasteiger partial charge in [-0.2, -0.15) is 10.2 Å². The van der Waals surface area contributed by atoms with Crippen molar-refractivity contribution in [1.82, 2.24) is 9.88 Å². The third-order valence-electron chi connectivity index (χ3n) is 4.07. The van der Waals surface area contributed by atoms with Crippen LogP contribution >= 0.6 is 22.9 Å². The van der Waals surface area contributed by atoms with Crippen LogP contribution in [-0.2, 0) is 0 Å². The molecule has 0 fully saturated rings. The highest BCUT2D eigenvalue weighted by molar-refractivity contribution is 7.07. The van der Waals surface area contributed by atoms with Crippen molar-refractivity contribution in [3.05, 3.63) is 57.1 Å². The first-order chi connectivity index (χ1) is 11.7. The minimum atomic E-state index is -0.159. The second-order valence-electron chi connectivity index (χ2n) is 5.62. The molecule has 3 heterocycles. The second-order valence-corrected chi connectivity index (χ2v) is 6.77. The molecular formula is C16H14ClN5OS. The van der Waals surface area contributed by atoms with E-state index in [9.17, 15) is 4.79 Å². The van der Waals surface area contributed by atoms with E-state index in [1.54, 1.807) is 22.5 Å². The molecule has 0 saturated heterocycles. The smallest absolute Gasteiger partial charge is 0.320 e. The Bertz CT molecular complexity index is 833. The molecule has 0 spiro atoms. The maximum atomic E-state index is 12.5. The molecular weight excluding hydrogens is 346 g/mol. The molecule has 0 saturated carbocycles. The minimum Gasteiger partial charge on any atom is -0.320 e. The van der Waals surface area contributed by atoms with Gasteiger partial charge in [0.2, 0.25) is 0 Å². The number of benzene rings is 1. The predicted octanol–water partition coefficient (Wildman–Crippen LogP) is 4.50. The molecule has 8 heteroatoms. The van der Waals surface area contributed by atoms with Crippen LogP contribution in [0.15, 0.2) is 56.7 Å². The van der Waals surface area contributed by atoms with Gasteiger partial charge in [0, 0.05) is 41.2 Å². The summed E-state index contributed by atoms with van der Waals surface area (Å²) in [7, 11) is 0.